The van der Waals surface area contributed by atoms with Crippen LogP contribution in [0.3, 0.4) is 0 Å². The molecule has 1 heterocycles. The molecule has 1 aliphatic rings. The van der Waals surface area contributed by atoms with Gasteiger partial charge in [0, 0.05) is 25.3 Å². The van der Waals surface area contributed by atoms with E-state index in [2.05, 4.69) is 55.5 Å². The molecule has 2 atom stereocenters. The first-order chi connectivity index (χ1) is 17.7. The highest BCUT2D eigenvalue weighted by Gasteiger charge is 2.38. The number of carbonyl (C=O) groups excluding carboxylic acids is 2. The lowest BCUT2D eigenvalue weighted by Gasteiger charge is -2.43. The van der Waals surface area contributed by atoms with Gasteiger partial charge in [0.05, 0.1) is 19.8 Å². The second-order valence-electron chi connectivity index (χ2n) is 10.6. The minimum atomic E-state index is -1.73. The minimum Gasteiger partial charge on any atom is -0.497 e. The Labute approximate surface area is 222 Å². The summed E-state index contributed by atoms with van der Waals surface area (Å²) >= 11 is 0. The zero-order valence-electron chi connectivity index (χ0n) is 23.0. The van der Waals surface area contributed by atoms with Crippen molar-refractivity contribution in [3.63, 3.8) is 0 Å². The number of nitrogens with one attached hydrogen (secondary N) is 1. The van der Waals surface area contributed by atoms with Crippen molar-refractivity contribution in [3.8, 4) is 17.2 Å². The van der Waals surface area contributed by atoms with Crippen LogP contribution >= 0.6 is 0 Å². The summed E-state index contributed by atoms with van der Waals surface area (Å²) in [4.78, 5) is 28.3. The van der Waals surface area contributed by atoms with E-state index in [1.165, 1.54) is 5.56 Å². The summed E-state index contributed by atoms with van der Waals surface area (Å²) in [5.41, 5.74) is 7.08. The first-order valence-electron chi connectivity index (χ1n) is 13.1. The van der Waals surface area contributed by atoms with Crippen LogP contribution in [0.2, 0.25) is 19.6 Å². The molecule has 6 nitrogen and oxygen atoms in total. The smallest absolute Gasteiger partial charge is 0.298 e. The normalized spacial score (nSPS) is 16.9. The third-order valence-corrected chi connectivity index (χ3v) is 7.40. The van der Waals surface area contributed by atoms with Crippen LogP contribution in [-0.2, 0) is 16.0 Å². The fourth-order valence-electron chi connectivity index (χ4n) is 4.66. The van der Waals surface area contributed by atoms with Crippen LogP contribution in [0.1, 0.15) is 59.3 Å². The van der Waals surface area contributed by atoms with Gasteiger partial charge < -0.3 is 19.7 Å². The number of methoxy groups -OCH3 is 2. The molecule has 0 radical (unpaired) electrons. The summed E-state index contributed by atoms with van der Waals surface area (Å²) in [6, 6.07) is 13.4. The largest absolute Gasteiger partial charge is 0.497 e. The summed E-state index contributed by atoms with van der Waals surface area (Å²) < 4.78 is 10.5. The molecule has 0 aliphatic carbocycles. The van der Waals surface area contributed by atoms with Gasteiger partial charge in [-0.05, 0) is 59.7 Å². The lowest BCUT2D eigenvalue weighted by Crippen LogP contribution is -2.47. The third-order valence-electron chi connectivity index (χ3n) is 6.52. The van der Waals surface area contributed by atoms with Gasteiger partial charge in [0.15, 0.2) is 0 Å². The molecule has 0 saturated heterocycles. The number of nitrogens with zero attached hydrogens (tertiary/aromatic N) is 1. The van der Waals surface area contributed by atoms with Gasteiger partial charge in [0.1, 0.15) is 13.8 Å². The first-order valence-corrected chi connectivity index (χ1v) is 16.6. The lowest BCUT2D eigenvalue weighted by atomic mass is 9.82. The van der Waals surface area contributed by atoms with Crippen LogP contribution in [0.15, 0.2) is 42.5 Å². The standard InChI is InChI=1S/C30H40N2O4Si/c1-7-8-9-25-20-24-21-26(36-3)14-15-27(24)29(32(25)28(33)16-19-37(4,5)6)22-10-12-23(13-11-22)30(34)31-17-18-35-2/h10-15,21,25,29H,7-9,17-18,20H2,1-6H3,(H,31,34)/t25-,29-/m0/s1. The predicted molar refractivity (Wildman–Crippen MR) is 150 cm³/mol. The maximum atomic E-state index is 13.7. The van der Waals surface area contributed by atoms with Gasteiger partial charge in [-0.25, -0.2) is 0 Å². The van der Waals surface area contributed by atoms with Crippen molar-refractivity contribution in [1.29, 1.82) is 0 Å². The second kappa shape index (κ2) is 12.9. The van der Waals surface area contributed by atoms with Gasteiger partial charge in [0.25, 0.3) is 11.8 Å². The molecule has 2 aromatic carbocycles. The number of hydrogen-bond acceptors (Lipinski definition) is 4. The number of benzene rings is 2. The zero-order valence-corrected chi connectivity index (χ0v) is 24.0. The van der Waals surface area contributed by atoms with E-state index >= 15 is 0 Å². The number of unbranched alkanes of at least 4 members (excludes halogenated alkanes) is 1. The average molecular weight is 521 g/mol. The molecule has 0 saturated carbocycles. The molecule has 2 amide bonds. The van der Waals surface area contributed by atoms with Gasteiger partial charge in [0.2, 0.25) is 0 Å². The van der Waals surface area contributed by atoms with Crippen molar-refractivity contribution < 1.29 is 19.1 Å². The molecule has 0 aromatic heterocycles. The molecule has 37 heavy (non-hydrogen) atoms. The van der Waals surface area contributed by atoms with Crippen molar-refractivity contribution in [2.75, 3.05) is 27.4 Å². The fraction of sp³-hybridized carbons (Fsp3) is 0.467. The van der Waals surface area contributed by atoms with Gasteiger partial charge in [-0.2, -0.15) is 0 Å². The summed E-state index contributed by atoms with van der Waals surface area (Å²) in [6.07, 6.45) is 3.76. The van der Waals surface area contributed by atoms with E-state index in [-0.39, 0.29) is 23.9 Å². The molecule has 2 aromatic rings. The van der Waals surface area contributed by atoms with Crippen molar-refractivity contribution >= 4 is 19.9 Å². The number of carbonyl (C=O) groups is 2. The molecule has 0 fully saturated rings. The number of hydrogen-bond donors (Lipinski definition) is 1. The quantitative estimate of drug-likeness (QED) is 0.288. The average Bonchev–Trinajstić information content (AvgIpc) is 2.89. The summed E-state index contributed by atoms with van der Waals surface area (Å²) in [6.45, 7) is 9.52. The van der Waals surface area contributed by atoms with E-state index in [0.717, 1.165) is 42.6 Å². The molecule has 0 bridgehead atoms. The number of amides is 2. The van der Waals surface area contributed by atoms with Gasteiger partial charge in [-0.15, -0.1) is 5.54 Å². The van der Waals surface area contributed by atoms with E-state index in [9.17, 15) is 9.59 Å². The van der Waals surface area contributed by atoms with E-state index in [4.69, 9.17) is 9.47 Å². The molecule has 1 N–H and O–H groups in total. The molecule has 3 rings (SSSR count). The first kappa shape index (κ1) is 28.5. The minimum absolute atomic E-state index is 0.0324. The summed E-state index contributed by atoms with van der Waals surface area (Å²) in [7, 11) is 1.55. The van der Waals surface area contributed by atoms with Crippen molar-refractivity contribution in [3.05, 3.63) is 64.7 Å². The van der Waals surface area contributed by atoms with Gasteiger partial charge in [-0.1, -0.05) is 57.6 Å². The van der Waals surface area contributed by atoms with E-state index in [1.807, 2.05) is 35.2 Å². The monoisotopic (exact) mass is 520 g/mol. The van der Waals surface area contributed by atoms with Crippen LogP contribution in [0.4, 0.5) is 0 Å². The maximum Gasteiger partial charge on any atom is 0.298 e. The Bertz CT molecular complexity index is 1140. The third kappa shape index (κ3) is 7.47. The van der Waals surface area contributed by atoms with Crippen molar-refractivity contribution in [2.24, 2.45) is 0 Å². The maximum absolute atomic E-state index is 13.7. The second-order valence-corrected chi connectivity index (χ2v) is 15.3. The highest BCUT2D eigenvalue weighted by molar-refractivity contribution is 6.84. The van der Waals surface area contributed by atoms with Crippen LogP contribution in [-0.4, -0.2) is 58.2 Å². The molecular formula is C30H40N2O4Si. The van der Waals surface area contributed by atoms with E-state index in [1.54, 1.807) is 14.2 Å². The Kier molecular flexibility index (Phi) is 9.96. The molecule has 198 valence electrons. The Hall–Kier alpha value is -3.08. The van der Waals surface area contributed by atoms with E-state index in [0.29, 0.717) is 18.7 Å². The Morgan fingerprint density at radius 3 is 2.46 bits per heavy atom. The van der Waals surface area contributed by atoms with Crippen LogP contribution < -0.4 is 10.1 Å². The Balaban J connectivity index is 2.07. The van der Waals surface area contributed by atoms with Gasteiger partial charge >= 0.3 is 0 Å². The SMILES string of the molecule is CCCC[C@H]1Cc2cc(OC)ccc2[C@H](c2ccc(C(=O)NCCOC)cc2)N1C(=O)C#C[Si](C)(C)C. The van der Waals surface area contributed by atoms with Crippen LogP contribution in [0, 0.1) is 11.5 Å². The fourth-order valence-corrected chi connectivity index (χ4v) is 5.14. The Morgan fingerprint density at radius 2 is 1.84 bits per heavy atom. The lowest BCUT2D eigenvalue weighted by molar-refractivity contribution is -0.130. The van der Waals surface area contributed by atoms with E-state index < -0.39 is 8.07 Å². The molecule has 7 heteroatoms. The highest BCUT2D eigenvalue weighted by atomic mass is 28.3. The number of rotatable bonds is 9. The number of ether oxygens (including phenoxy) is 2. The Morgan fingerprint density at radius 1 is 1.11 bits per heavy atom. The summed E-state index contributed by atoms with van der Waals surface area (Å²) in [5, 5.41) is 2.86. The van der Waals surface area contributed by atoms with Crippen molar-refractivity contribution in [1.82, 2.24) is 10.2 Å². The summed E-state index contributed by atoms with van der Waals surface area (Å²) in [5.74, 6) is 3.55. The number of fused-ring (bicyclic) bond motifs is 1. The van der Waals surface area contributed by atoms with Crippen LogP contribution in [0.25, 0.3) is 0 Å². The van der Waals surface area contributed by atoms with Crippen molar-refractivity contribution in [2.45, 2.75) is 64.3 Å². The molecule has 0 spiro atoms. The molecular weight excluding hydrogens is 480 g/mol. The molecule has 1 aliphatic heterocycles. The zero-order chi connectivity index (χ0) is 27.0. The van der Waals surface area contributed by atoms with Gasteiger partial charge in [-0.3, -0.25) is 9.59 Å². The van der Waals surface area contributed by atoms with Crippen LogP contribution in [0.5, 0.6) is 5.75 Å². The predicted octanol–water partition coefficient (Wildman–Crippen LogP) is 4.99. The highest BCUT2D eigenvalue weighted by Crippen LogP contribution is 2.40. The topological polar surface area (TPSA) is 67.9 Å². The molecule has 0 unspecified atom stereocenters.